The van der Waals surface area contributed by atoms with Gasteiger partial charge in [-0.15, -0.1) is 0 Å². The zero-order valence-corrected chi connectivity index (χ0v) is 18.2. The van der Waals surface area contributed by atoms with Crippen LogP contribution < -0.4 is 4.72 Å². The van der Waals surface area contributed by atoms with Gasteiger partial charge in [0.1, 0.15) is 11.5 Å². The highest BCUT2D eigenvalue weighted by Crippen LogP contribution is 2.29. The zero-order valence-electron chi connectivity index (χ0n) is 16.6. The molecular weight excluding hydrogens is 430 g/mol. The highest BCUT2D eigenvalue weighted by atomic mass is 35.5. The standard InChI is InChI=1S/C19H22ClN5O4S/c1-12-16(6-8-30(27,28)23-19(26)29-11-13-3-4-13)18(24(2)22-12)25-7-5-14-9-15(20)10-21-17(14)25/h5,7,9-10,13H,3-4,6,8,11H2,1-2H3,(H,23,26). The fourth-order valence-corrected chi connectivity index (χ4v) is 4.43. The van der Waals surface area contributed by atoms with Crippen LogP contribution in [0.15, 0.2) is 24.5 Å². The van der Waals surface area contributed by atoms with E-state index in [1.54, 1.807) is 17.9 Å². The number of nitrogens with zero attached hydrogens (tertiary/aromatic N) is 4. The van der Waals surface area contributed by atoms with Crippen LogP contribution >= 0.6 is 11.6 Å². The van der Waals surface area contributed by atoms with Crippen molar-refractivity contribution in [1.29, 1.82) is 0 Å². The summed E-state index contributed by atoms with van der Waals surface area (Å²) in [6, 6.07) is 3.69. The number of ether oxygens (including phenoxy) is 1. The van der Waals surface area contributed by atoms with E-state index < -0.39 is 16.1 Å². The van der Waals surface area contributed by atoms with E-state index in [2.05, 4.69) is 10.1 Å². The van der Waals surface area contributed by atoms with Crippen LogP contribution in [0.4, 0.5) is 4.79 Å². The van der Waals surface area contributed by atoms with Crippen LogP contribution in [0.3, 0.4) is 0 Å². The first-order chi connectivity index (χ1) is 14.2. The van der Waals surface area contributed by atoms with E-state index in [1.165, 1.54) is 0 Å². The van der Waals surface area contributed by atoms with E-state index in [9.17, 15) is 13.2 Å². The normalized spacial score (nSPS) is 14.2. The molecule has 0 radical (unpaired) electrons. The molecule has 1 saturated carbocycles. The molecule has 0 atom stereocenters. The minimum atomic E-state index is -3.85. The van der Waals surface area contributed by atoms with E-state index in [-0.39, 0.29) is 18.8 Å². The summed E-state index contributed by atoms with van der Waals surface area (Å²) in [5, 5.41) is 5.84. The molecule has 1 fully saturated rings. The van der Waals surface area contributed by atoms with Gasteiger partial charge in [-0.3, -0.25) is 9.25 Å². The van der Waals surface area contributed by atoms with Crippen LogP contribution in [-0.2, 0) is 28.2 Å². The van der Waals surface area contributed by atoms with Crippen LogP contribution in [-0.4, -0.2) is 46.2 Å². The molecule has 0 aliphatic heterocycles. The highest BCUT2D eigenvalue weighted by Gasteiger charge is 2.25. The number of amides is 1. The van der Waals surface area contributed by atoms with Gasteiger partial charge < -0.3 is 4.74 Å². The third-order valence-corrected chi connectivity index (χ3v) is 6.47. The Kier molecular flexibility index (Phi) is 5.46. The molecule has 160 valence electrons. The molecule has 0 spiro atoms. The van der Waals surface area contributed by atoms with Crippen molar-refractivity contribution in [3.63, 3.8) is 0 Å². The van der Waals surface area contributed by atoms with E-state index >= 15 is 0 Å². The molecule has 11 heteroatoms. The topological polar surface area (TPSA) is 108 Å². The number of fused-ring (bicyclic) bond motifs is 1. The Morgan fingerprint density at radius 3 is 2.90 bits per heavy atom. The zero-order chi connectivity index (χ0) is 21.5. The summed E-state index contributed by atoms with van der Waals surface area (Å²) < 4.78 is 35.2. The lowest BCUT2D eigenvalue weighted by Crippen LogP contribution is -2.34. The number of carbonyl (C=O) groups excluding carboxylic acids is 1. The Bertz CT molecular complexity index is 1210. The predicted octanol–water partition coefficient (Wildman–Crippen LogP) is 2.73. The van der Waals surface area contributed by atoms with Crippen molar-refractivity contribution in [1.82, 2.24) is 24.1 Å². The number of carbonyl (C=O) groups is 1. The Morgan fingerprint density at radius 2 is 2.17 bits per heavy atom. The van der Waals surface area contributed by atoms with Crippen LogP contribution in [0.25, 0.3) is 16.9 Å². The Morgan fingerprint density at radius 1 is 1.40 bits per heavy atom. The summed E-state index contributed by atoms with van der Waals surface area (Å²) in [6.45, 7) is 2.07. The smallest absolute Gasteiger partial charge is 0.420 e. The van der Waals surface area contributed by atoms with E-state index in [4.69, 9.17) is 16.3 Å². The van der Waals surface area contributed by atoms with Gasteiger partial charge >= 0.3 is 6.09 Å². The summed E-state index contributed by atoms with van der Waals surface area (Å²) in [7, 11) is -2.06. The Balaban J connectivity index is 1.54. The second kappa shape index (κ2) is 7.92. The van der Waals surface area contributed by atoms with Gasteiger partial charge in [-0.25, -0.2) is 22.9 Å². The maximum absolute atomic E-state index is 12.4. The van der Waals surface area contributed by atoms with Crippen LogP contribution in [0.5, 0.6) is 0 Å². The number of aromatic nitrogens is 4. The first kappa shape index (κ1) is 20.7. The summed E-state index contributed by atoms with van der Waals surface area (Å²) in [6.07, 6.45) is 4.67. The molecule has 4 rings (SSSR count). The van der Waals surface area contributed by atoms with E-state index in [1.807, 2.05) is 34.5 Å². The molecule has 0 bridgehead atoms. The van der Waals surface area contributed by atoms with Crippen molar-refractivity contribution >= 4 is 38.8 Å². The van der Waals surface area contributed by atoms with Gasteiger partial charge in [0.2, 0.25) is 10.0 Å². The third-order valence-electron chi connectivity index (χ3n) is 5.04. The highest BCUT2D eigenvalue weighted by molar-refractivity contribution is 7.90. The van der Waals surface area contributed by atoms with Crippen molar-refractivity contribution in [2.75, 3.05) is 12.4 Å². The Hall–Kier alpha value is -2.59. The fourth-order valence-electron chi connectivity index (χ4n) is 3.37. The number of hydrogen-bond donors (Lipinski definition) is 1. The molecular formula is C19H22ClN5O4S. The molecule has 3 aromatic heterocycles. The molecule has 1 amide bonds. The molecule has 3 heterocycles. The molecule has 0 unspecified atom stereocenters. The molecule has 1 aliphatic carbocycles. The lowest BCUT2D eigenvalue weighted by molar-refractivity contribution is 0.147. The van der Waals surface area contributed by atoms with E-state index in [0.717, 1.165) is 23.8 Å². The molecule has 0 saturated heterocycles. The third kappa shape index (κ3) is 4.44. The van der Waals surface area contributed by atoms with Gasteiger partial charge in [-0.2, -0.15) is 5.10 Å². The largest absolute Gasteiger partial charge is 0.449 e. The van der Waals surface area contributed by atoms with Gasteiger partial charge in [0, 0.05) is 30.4 Å². The number of nitrogens with one attached hydrogen (secondary N) is 1. The summed E-state index contributed by atoms with van der Waals surface area (Å²) in [4.78, 5) is 16.1. The average Bonchev–Trinajstić information content (AvgIpc) is 3.35. The first-order valence-electron chi connectivity index (χ1n) is 9.56. The number of aryl methyl sites for hydroxylation is 2. The van der Waals surface area contributed by atoms with Crippen molar-refractivity contribution in [3.05, 3.63) is 40.8 Å². The quantitative estimate of drug-likeness (QED) is 0.591. The second-order valence-corrected chi connectivity index (χ2v) is 9.75. The number of pyridine rings is 1. The van der Waals surface area contributed by atoms with Crippen molar-refractivity contribution in [2.45, 2.75) is 26.2 Å². The van der Waals surface area contributed by atoms with Gasteiger partial charge in [0.05, 0.1) is 23.1 Å². The maximum atomic E-state index is 12.4. The molecule has 0 aromatic carbocycles. The second-order valence-electron chi connectivity index (χ2n) is 7.48. The monoisotopic (exact) mass is 451 g/mol. The summed E-state index contributed by atoms with van der Waals surface area (Å²) in [5.41, 5.74) is 2.14. The number of hydrogen-bond acceptors (Lipinski definition) is 6. The molecule has 1 aliphatic rings. The van der Waals surface area contributed by atoms with Gasteiger partial charge in [0.25, 0.3) is 0 Å². The Labute approximate surface area is 179 Å². The minimum absolute atomic E-state index is 0.174. The number of sulfonamides is 1. The van der Waals surface area contributed by atoms with Crippen molar-refractivity contribution < 1.29 is 17.9 Å². The first-order valence-corrected chi connectivity index (χ1v) is 11.6. The van der Waals surface area contributed by atoms with Crippen LogP contribution in [0.1, 0.15) is 24.1 Å². The molecule has 3 aromatic rings. The number of rotatable bonds is 7. The van der Waals surface area contributed by atoms with E-state index in [0.29, 0.717) is 28.1 Å². The summed E-state index contributed by atoms with van der Waals surface area (Å²) in [5.74, 6) is 0.798. The lowest BCUT2D eigenvalue weighted by Gasteiger charge is -2.11. The lowest BCUT2D eigenvalue weighted by atomic mass is 10.2. The van der Waals surface area contributed by atoms with Crippen LogP contribution in [0.2, 0.25) is 5.02 Å². The predicted molar refractivity (Wildman–Crippen MR) is 112 cm³/mol. The summed E-state index contributed by atoms with van der Waals surface area (Å²) >= 11 is 6.02. The van der Waals surface area contributed by atoms with Crippen molar-refractivity contribution in [3.8, 4) is 5.82 Å². The maximum Gasteiger partial charge on any atom is 0.420 e. The molecule has 9 nitrogen and oxygen atoms in total. The van der Waals surface area contributed by atoms with Gasteiger partial charge in [-0.1, -0.05) is 11.6 Å². The van der Waals surface area contributed by atoms with Gasteiger partial charge in [-0.05, 0) is 44.2 Å². The SMILES string of the molecule is Cc1nn(C)c(-n2ccc3cc(Cl)cnc32)c1CCS(=O)(=O)NC(=O)OCC1CC1. The number of halogens is 1. The average molecular weight is 452 g/mol. The molecule has 30 heavy (non-hydrogen) atoms. The molecule has 1 N–H and O–H groups in total. The fraction of sp³-hybridized carbons (Fsp3) is 0.421. The van der Waals surface area contributed by atoms with Crippen molar-refractivity contribution in [2.24, 2.45) is 13.0 Å². The minimum Gasteiger partial charge on any atom is -0.449 e. The van der Waals surface area contributed by atoms with Crippen LogP contribution in [0, 0.1) is 12.8 Å². The van der Waals surface area contributed by atoms with Gasteiger partial charge in [0.15, 0.2) is 0 Å².